The number of carboxylic acids is 1. The van der Waals surface area contributed by atoms with Gasteiger partial charge in [-0.2, -0.15) is 0 Å². The van der Waals surface area contributed by atoms with Gasteiger partial charge in [0.25, 0.3) is 0 Å². The van der Waals surface area contributed by atoms with Gasteiger partial charge in [-0.05, 0) is 63.2 Å². The largest absolute Gasteiger partial charge is 0.475 e. The van der Waals surface area contributed by atoms with Crippen LogP contribution in [-0.4, -0.2) is 53.6 Å². The van der Waals surface area contributed by atoms with E-state index >= 15 is 0 Å². The van der Waals surface area contributed by atoms with E-state index < -0.39 is 5.97 Å². The highest BCUT2D eigenvalue weighted by Gasteiger charge is 2.36. The van der Waals surface area contributed by atoms with E-state index in [0.717, 1.165) is 26.1 Å². The molecule has 2 aliphatic rings. The molecule has 3 N–H and O–H groups in total. The molecule has 0 aliphatic carbocycles. The highest BCUT2D eigenvalue weighted by Crippen LogP contribution is 2.25. The van der Waals surface area contributed by atoms with Crippen LogP contribution in [0.3, 0.4) is 0 Å². The highest BCUT2D eigenvalue weighted by atomic mass is 16.4. The molecule has 26 heavy (non-hydrogen) atoms. The Morgan fingerprint density at radius 1 is 1.19 bits per heavy atom. The topological polar surface area (TPSA) is 94.8 Å². The number of hydrogen-bond acceptors (Lipinski definition) is 5. The Morgan fingerprint density at radius 2 is 2.00 bits per heavy atom. The van der Waals surface area contributed by atoms with Gasteiger partial charge in [-0.3, -0.25) is 9.69 Å². The fourth-order valence-corrected chi connectivity index (χ4v) is 4.05. The number of likely N-dealkylation sites (tertiary alicyclic amines) is 1. The second kappa shape index (κ2) is 7.09. The molecule has 3 heterocycles. The van der Waals surface area contributed by atoms with Crippen LogP contribution in [0.2, 0.25) is 0 Å². The molecule has 2 fully saturated rings. The van der Waals surface area contributed by atoms with Crippen LogP contribution in [0.5, 0.6) is 0 Å². The molecule has 2 aliphatic heterocycles. The SMILES string of the molecule is O=C(O)c1cc2cc(NC(=O)[C@@H]3NCC[C@H]3N3CCCCC3)ccc2o1. The Balaban J connectivity index is 1.48. The van der Waals surface area contributed by atoms with Crippen molar-refractivity contribution in [3.63, 3.8) is 0 Å². The van der Waals surface area contributed by atoms with Gasteiger partial charge in [0.05, 0.1) is 0 Å². The smallest absolute Gasteiger partial charge is 0.371 e. The molecular weight excluding hydrogens is 334 g/mol. The predicted octanol–water partition coefficient (Wildman–Crippen LogP) is 2.29. The van der Waals surface area contributed by atoms with Crippen molar-refractivity contribution in [2.45, 2.75) is 37.8 Å². The average Bonchev–Trinajstić information content (AvgIpc) is 3.29. The summed E-state index contributed by atoms with van der Waals surface area (Å²) in [6, 6.07) is 6.65. The van der Waals surface area contributed by atoms with Crippen LogP contribution in [0.4, 0.5) is 5.69 Å². The Bertz CT molecular complexity index is 825. The number of carbonyl (C=O) groups is 2. The zero-order valence-corrected chi connectivity index (χ0v) is 14.5. The zero-order chi connectivity index (χ0) is 18.1. The molecule has 2 atom stereocenters. The van der Waals surface area contributed by atoms with E-state index in [4.69, 9.17) is 9.52 Å². The summed E-state index contributed by atoms with van der Waals surface area (Å²) in [6.45, 7) is 2.98. The summed E-state index contributed by atoms with van der Waals surface area (Å²) in [5.74, 6) is -1.25. The zero-order valence-electron chi connectivity index (χ0n) is 14.5. The van der Waals surface area contributed by atoms with E-state index in [0.29, 0.717) is 16.7 Å². The molecule has 1 aromatic heterocycles. The normalized spacial score (nSPS) is 24.0. The van der Waals surface area contributed by atoms with Crippen molar-refractivity contribution < 1.29 is 19.1 Å². The number of piperidine rings is 1. The van der Waals surface area contributed by atoms with Crippen molar-refractivity contribution in [1.29, 1.82) is 0 Å². The molecule has 0 spiro atoms. The lowest BCUT2D eigenvalue weighted by Gasteiger charge is -2.34. The fraction of sp³-hybridized carbons (Fsp3) is 0.474. The summed E-state index contributed by atoms with van der Waals surface area (Å²) < 4.78 is 5.25. The number of rotatable bonds is 4. The minimum absolute atomic E-state index is 0.0422. The molecule has 1 amide bonds. The molecule has 0 bridgehead atoms. The molecule has 1 aromatic carbocycles. The number of carbonyl (C=O) groups excluding carboxylic acids is 1. The first-order chi connectivity index (χ1) is 12.6. The van der Waals surface area contributed by atoms with Crippen molar-refractivity contribution >= 4 is 28.5 Å². The summed E-state index contributed by atoms with van der Waals surface area (Å²) >= 11 is 0. The minimum Gasteiger partial charge on any atom is -0.475 e. The molecule has 0 unspecified atom stereocenters. The van der Waals surface area contributed by atoms with Crippen molar-refractivity contribution in [3.05, 3.63) is 30.0 Å². The third-order valence-corrected chi connectivity index (χ3v) is 5.33. The van der Waals surface area contributed by atoms with Gasteiger partial charge in [0, 0.05) is 17.1 Å². The average molecular weight is 357 g/mol. The van der Waals surface area contributed by atoms with Crippen molar-refractivity contribution in [2.75, 3.05) is 25.0 Å². The Morgan fingerprint density at radius 3 is 2.77 bits per heavy atom. The van der Waals surface area contributed by atoms with Crippen LogP contribution in [0.25, 0.3) is 11.0 Å². The maximum atomic E-state index is 12.8. The fourth-order valence-electron chi connectivity index (χ4n) is 4.05. The molecule has 4 rings (SSSR count). The number of carboxylic acid groups (broad SMARTS) is 1. The van der Waals surface area contributed by atoms with Crippen molar-refractivity contribution in [2.24, 2.45) is 0 Å². The predicted molar refractivity (Wildman–Crippen MR) is 97.4 cm³/mol. The maximum absolute atomic E-state index is 12.8. The molecule has 7 nitrogen and oxygen atoms in total. The van der Waals surface area contributed by atoms with Gasteiger partial charge in [0.2, 0.25) is 11.7 Å². The number of fused-ring (bicyclic) bond motifs is 1. The van der Waals surface area contributed by atoms with E-state index in [1.165, 1.54) is 25.3 Å². The standard InChI is InChI=1S/C19H23N3O4/c23-18(17-14(6-7-20-17)22-8-2-1-3-9-22)21-13-4-5-15-12(10-13)11-16(26-15)19(24)25/h4-5,10-11,14,17,20H,1-3,6-9H2,(H,21,23)(H,24,25)/t14-,17-/m1/s1. The first-order valence-corrected chi connectivity index (χ1v) is 9.17. The van der Waals surface area contributed by atoms with E-state index in [9.17, 15) is 9.59 Å². The molecule has 2 aromatic rings. The second-order valence-corrected chi connectivity index (χ2v) is 7.04. The number of aromatic carboxylic acids is 1. The van der Waals surface area contributed by atoms with Gasteiger partial charge < -0.3 is 20.2 Å². The summed E-state index contributed by atoms with van der Waals surface area (Å²) in [5.41, 5.74) is 1.14. The van der Waals surface area contributed by atoms with Gasteiger partial charge in [-0.15, -0.1) is 0 Å². The summed E-state index contributed by atoms with van der Waals surface area (Å²) in [7, 11) is 0. The number of furan rings is 1. The van der Waals surface area contributed by atoms with Crippen LogP contribution in [0.15, 0.2) is 28.7 Å². The third kappa shape index (κ3) is 3.32. The quantitative estimate of drug-likeness (QED) is 0.777. The van der Waals surface area contributed by atoms with Crippen molar-refractivity contribution in [1.82, 2.24) is 10.2 Å². The number of nitrogens with zero attached hydrogens (tertiary/aromatic N) is 1. The summed E-state index contributed by atoms with van der Waals surface area (Å²) in [5, 5.41) is 16.0. The molecular formula is C19H23N3O4. The Kier molecular flexibility index (Phi) is 4.65. The minimum atomic E-state index is -1.11. The van der Waals surface area contributed by atoms with Crippen LogP contribution < -0.4 is 10.6 Å². The second-order valence-electron chi connectivity index (χ2n) is 7.04. The lowest BCUT2D eigenvalue weighted by atomic mass is 10.0. The molecule has 138 valence electrons. The number of anilines is 1. The molecule has 0 radical (unpaired) electrons. The number of nitrogens with one attached hydrogen (secondary N) is 2. The molecule has 0 saturated carbocycles. The number of amides is 1. The van der Waals surface area contributed by atoms with E-state index in [2.05, 4.69) is 15.5 Å². The van der Waals surface area contributed by atoms with Gasteiger partial charge in [-0.1, -0.05) is 6.42 Å². The molecule has 7 heteroatoms. The number of hydrogen-bond donors (Lipinski definition) is 3. The van der Waals surface area contributed by atoms with Crippen molar-refractivity contribution in [3.8, 4) is 0 Å². The highest BCUT2D eigenvalue weighted by molar-refractivity contribution is 5.98. The Hall–Kier alpha value is -2.38. The monoisotopic (exact) mass is 357 g/mol. The Labute approximate surface area is 151 Å². The first-order valence-electron chi connectivity index (χ1n) is 9.17. The van der Waals surface area contributed by atoms with Crippen LogP contribution in [-0.2, 0) is 4.79 Å². The van der Waals surface area contributed by atoms with Gasteiger partial charge in [-0.25, -0.2) is 4.79 Å². The lowest BCUT2D eigenvalue weighted by Crippen LogP contribution is -2.51. The third-order valence-electron chi connectivity index (χ3n) is 5.33. The van der Waals surface area contributed by atoms with E-state index in [-0.39, 0.29) is 23.8 Å². The lowest BCUT2D eigenvalue weighted by molar-refractivity contribution is -0.119. The maximum Gasteiger partial charge on any atom is 0.371 e. The van der Waals surface area contributed by atoms with Gasteiger partial charge in [0.1, 0.15) is 11.6 Å². The van der Waals surface area contributed by atoms with Gasteiger partial charge >= 0.3 is 5.97 Å². The number of benzene rings is 1. The van der Waals surface area contributed by atoms with E-state index in [1.807, 2.05) is 0 Å². The summed E-state index contributed by atoms with van der Waals surface area (Å²) in [4.78, 5) is 26.3. The van der Waals surface area contributed by atoms with Gasteiger partial charge in [0.15, 0.2) is 0 Å². The van der Waals surface area contributed by atoms with Crippen LogP contribution in [0.1, 0.15) is 36.2 Å². The summed E-state index contributed by atoms with van der Waals surface area (Å²) in [6.07, 6.45) is 4.67. The first kappa shape index (κ1) is 17.1. The molecule has 2 saturated heterocycles. The van der Waals surface area contributed by atoms with Crippen LogP contribution >= 0.6 is 0 Å². The van der Waals surface area contributed by atoms with E-state index in [1.54, 1.807) is 18.2 Å². The van der Waals surface area contributed by atoms with Crippen LogP contribution in [0, 0.1) is 0 Å².